The summed E-state index contributed by atoms with van der Waals surface area (Å²) in [5.41, 5.74) is 0.339. The number of thiophene rings is 1. The van der Waals surface area contributed by atoms with Gasteiger partial charge in [-0.2, -0.15) is 0 Å². The van der Waals surface area contributed by atoms with Crippen molar-refractivity contribution in [2.75, 3.05) is 32.2 Å². The predicted molar refractivity (Wildman–Crippen MR) is 123 cm³/mol. The second kappa shape index (κ2) is 8.32. The van der Waals surface area contributed by atoms with Crippen molar-refractivity contribution in [3.05, 3.63) is 69.6 Å². The molecule has 1 saturated heterocycles. The molecule has 3 aromatic rings. The number of Topliss-reactive ketones (excluding diaryl/α,β-unsaturated/α-hetero) is 1. The lowest BCUT2D eigenvalue weighted by Crippen LogP contribution is -2.28. The summed E-state index contributed by atoms with van der Waals surface area (Å²) in [5, 5.41) is 13.1. The van der Waals surface area contributed by atoms with E-state index in [0.29, 0.717) is 41.9 Å². The smallest absolute Gasteiger partial charge is 0.296 e. The van der Waals surface area contributed by atoms with E-state index in [1.54, 1.807) is 35.2 Å². The minimum atomic E-state index is -0.867. The molecule has 1 fully saturated rings. The summed E-state index contributed by atoms with van der Waals surface area (Å²) < 4.78 is 17.1. The van der Waals surface area contributed by atoms with Crippen molar-refractivity contribution in [2.24, 2.45) is 0 Å². The standard InChI is InChI=1S/C24H22N2O6S/c1-25(2)19-8-7-17(32-19)21-20(23(28)24(29)26(21)13-15-4-3-11-33-15)22(27)14-5-6-16-18(12-14)31-10-9-30-16/h3-8,11-12,21,27H,9-10,13H2,1-2H3/b22-20+. The molecule has 9 heteroatoms. The highest BCUT2D eigenvalue weighted by Gasteiger charge is 2.47. The number of anilines is 1. The molecule has 1 atom stereocenters. The molecule has 2 aromatic heterocycles. The number of aliphatic hydroxyl groups excluding tert-OH is 1. The van der Waals surface area contributed by atoms with Crippen molar-refractivity contribution >= 4 is 34.7 Å². The van der Waals surface area contributed by atoms with Crippen LogP contribution in [0.3, 0.4) is 0 Å². The Morgan fingerprint density at radius 2 is 1.91 bits per heavy atom. The maximum atomic E-state index is 13.2. The Bertz CT molecular complexity index is 1240. The lowest BCUT2D eigenvalue weighted by Gasteiger charge is -2.23. The number of likely N-dealkylation sites (tertiary alicyclic amines) is 1. The SMILES string of the molecule is CN(C)c1ccc(C2/C(=C(\O)c3ccc4c(c3)OCCO4)C(=O)C(=O)N2Cc2cccs2)o1. The Morgan fingerprint density at radius 1 is 1.12 bits per heavy atom. The first-order chi connectivity index (χ1) is 15.9. The number of aliphatic hydroxyl groups is 1. The van der Waals surface area contributed by atoms with Crippen molar-refractivity contribution in [1.82, 2.24) is 4.90 Å². The number of hydrogen-bond acceptors (Lipinski definition) is 8. The van der Waals surface area contributed by atoms with Crippen LogP contribution in [0, 0.1) is 0 Å². The van der Waals surface area contributed by atoms with Crippen LogP contribution in [-0.4, -0.2) is 49.0 Å². The molecule has 4 heterocycles. The normalized spacial score (nSPS) is 19.2. The van der Waals surface area contributed by atoms with Crippen molar-refractivity contribution < 1.29 is 28.6 Å². The summed E-state index contributed by atoms with van der Waals surface area (Å²) in [6.07, 6.45) is 0. The van der Waals surface area contributed by atoms with Crippen LogP contribution >= 0.6 is 11.3 Å². The summed E-state index contributed by atoms with van der Waals surface area (Å²) in [5.74, 6) is 0.283. The number of ketones is 1. The Labute approximate surface area is 194 Å². The van der Waals surface area contributed by atoms with Gasteiger partial charge in [0.05, 0.1) is 12.1 Å². The lowest BCUT2D eigenvalue weighted by molar-refractivity contribution is -0.140. The molecular weight excluding hydrogens is 444 g/mol. The molecule has 5 rings (SSSR count). The number of amides is 1. The highest BCUT2D eigenvalue weighted by atomic mass is 32.1. The zero-order valence-corrected chi connectivity index (χ0v) is 18.9. The molecule has 33 heavy (non-hydrogen) atoms. The molecule has 1 N–H and O–H groups in total. The molecule has 0 saturated carbocycles. The number of hydrogen-bond donors (Lipinski definition) is 1. The van der Waals surface area contributed by atoms with Gasteiger partial charge in [0.25, 0.3) is 11.7 Å². The molecule has 0 radical (unpaired) electrons. The highest BCUT2D eigenvalue weighted by Crippen LogP contribution is 2.43. The molecule has 1 amide bonds. The van der Waals surface area contributed by atoms with E-state index < -0.39 is 17.7 Å². The van der Waals surface area contributed by atoms with Crippen LogP contribution in [0.15, 0.2) is 57.8 Å². The van der Waals surface area contributed by atoms with Crippen LogP contribution in [-0.2, 0) is 16.1 Å². The molecule has 0 spiro atoms. The molecule has 0 bridgehead atoms. The van der Waals surface area contributed by atoms with Gasteiger partial charge in [-0.25, -0.2) is 0 Å². The van der Waals surface area contributed by atoms with Crippen LogP contribution in [0.5, 0.6) is 11.5 Å². The van der Waals surface area contributed by atoms with Gasteiger partial charge in [0, 0.05) is 30.6 Å². The van der Waals surface area contributed by atoms with Crippen LogP contribution in [0.4, 0.5) is 5.88 Å². The zero-order valence-electron chi connectivity index (χ0n) is 18.1. The van der Waals surface area contributed by atoms with Gasteiger partial charge in [0.2, 0.25) is 0 Å². The van der Waals surface area contributed by atoms with E-state index in [4.69, 9.17) is 13.9 Å². The van der Waals surface area contributed by atoms with E-state index in [2.05, 4.69) is 0 Å². The zero-order chi connectivity index (χ0) is 23.1. The van der Waals surface area contributed by atoms with Gasteiger partial charge in [0.15, 0.2) is 17.4 Å². The fourth-order valence-electron chi connectivity index (χ4n) is 3.99. The van der Waals surface area contributed by atoms with Gasteiger partial charge in [-0.05, 0) is 35.7 Å². The van der Waals surface area contributed by atoms with Crippen molar-refractivity contribution in [3.8, 4) is 11.5 Å². The van der Waals surface area contributed by atoms with Crippen LogP contribution in [0.25, 0.3) is 5.76 Å². The van der Waals surface area contributed by atoms with E-state index >= 15 is 0 Å². The second-order valence-corrected chi connectivity index (χ2v) is 8.97. The number of carbonyl (C=O) groups is 2. The van der Waals surface area contributed by atoms with Crippen molar-refractivity contribution in [2.45, 2.75) is 12.6 Å². The number of nitrogens with zero attached hydrogens (tertiary/aromatic N) is 2. The summed E-state index contributed by atoms with van der Waals surface area (Å²) in [7, 11) is 3.67. The topological polar surface area (TPSA) is 92.5 Å². The fraction of sp³-hybridized carbons (Fsp3) is 0.250. The van der Waals surface area contributed by atoms with E-state index in [9.17, 15) is 14.7 Å². The number of furan rings is 1. The van der Waals surface area contributed by atoms with Gasteiger partial charge in [-0.15, -0.1) is 11.3 Å². The van der Waals surface area contributed by atoms with Gasteiger partial charge in [-0.3, -0.25) is 9.59 Å². The van der Waals surface area contributed by atoms with Crippen LogP contribution in [0.1, 0.15) is 22.2 Å². The van der Waals surface area contributed by atoms with Crippen LogP contribution < -0.4 is 14.4 Å². The highest BCUT2D eigenvalue weighted by molar-refractivity contribution is 7.09. The maximum Gasteiger partial charge on any atom is 0.296 e. The summed E-state index contributed by atoms with van der Waals surface area (Å²) in [4.78, 5) is 30.4. The van der Waals surface area contributed by atoms with Gasteiger partial charge >= 0.3 is 0 Å². The fourth-order valence-corrected chi connectivity index (χ4v) is 4.69. The summed E-state index contributed by atoms with van der Waals surface area (Å²) in [6.45, 7) is 1.06. The minimum absolute atomic E-state index is 0.0205. The molecule has 170 valence electrons. The summed E-state index contributed by atoms with van der Waals surface area (Å²) >= 11 is 1.49. The molecule has 8 nitrogen and oxygen atoms in total. The predicted octanol–water partition coefficient (Wildman–Crippen LogP) is 3.80. The first kappa shape index (κ1) is 21.1. The van der Waals surface area contributed by atoms with Gasteiger partial charge < -0.3 is 28.8 Å². The largest absolute Gasteiger partial charge is 0.507 e. The first-order valence-corrected chi connectivity index (χ1v) is 11.3. The molecule has 1 aromatic carbocycles. The van der Waals surface area contributed by atoms with Gasteiger partial charge in [-0.1, -0.05) is 6.07 Å². The van der Waals surface area contributed by atoms with E-state index in [1.165, 1.54) is 16.2 Å². The third-order valence-corrected chi connectivity index (χ3v) is 6.45. The number of fused-ring (bicyclic) bond motifs is 1. The summed E-state index contributed by atoms with van der Waals surface area (Å²) in [6, 6.07) is 11.3. The Balaban J connectivity index is 1.63. The molecular formula is C24H22N2O6S. The van der Waals surface area contributed by atoms with Crippen molar-refractivity contribution in [3.63, 3.8) is 0 Å². The van der Waals surface area contributed by atoms with Crippen LogP contribution in [0.2, 0.25) is 0 Å². The maximum absolute atomic E-state index is 13.2. The average Bonchev–Trinajstić information content (AvgIpc) is 3.56. The quantitative estimate of drug-likeness (QED) is 0.347. The third-order valence-electron chi connectivity index (χ3n) is 5.58. The number of benzene rings is 1. The van der Waals surface area contributed by atoms with E-state index in [0.717, 1.165) is 4.88 Å². The van der Waals surface area contributed by atoms with Crippen molar-refractivity contribution in [1.29, 1.82) is 0 Å². The Hall–Kier alpha value is -3.72. The Kier molecular flexibility index (Phi) is 5.33. The molecule has 0 aliphatic carbocycles. The molecule has 2 aliphatic heterocycles. The van der Waals surface area contributed by atoms with E-state index in [1.807, 2.05) is 31.6 Å². The first-order valence-electron chi connectivity index (χ1n) is 10.4. The van der Waals surface area contributed by atoms with Gasteiger partial charge in [0.1, 0.15) is 30.8 Å². The van der Waals surface area contributed by atoms with E-state index in [-0.39, 0.29) is 17.9 Å². The third kappa shape index (κ3) is 3.74. The molecule has 2 aliphatic rings. The lowest BCUT2D eigenvalue weighted by atomic mass is 9.99. The number of ether oxygens (including phenoxy) is 2. The average molecular weight is 467 g/mol. The number of rotatable bonds is 5. The Morgan fingerprint density at radius 3 is 2.61 bits per heavy atom. The second-order valence-electron chi connectivity index (χ2n) is 7.94. The monoisotopic (exact) mass is 466 g/mol. The molecule has 1 unspecified atom stereocenters. The number of carbonyl (C=O) groups excluding carboxylic acids is 2. The minimum Gasteiger partial charge on any atom is -0.507 e.